The van der Waals surface area contributed by atoms with Crippen LogP contribution in [0.1, 0.15) is 120 Å². The SMILES string of the molecule is CC[C@@H](CC(C)C)C(=O)N(C)[C@H](C(=O)C[C@H](C(=O)N(C)[C@@H]([C@@H](C)CC)[C@@H](CC(=O)N1CCC[C@H]1[C@H](OC)[C@@H](C)C(=O)N[C@@H](Cc1ccccc1)C(=O)OC)OC)C(C)C)C(C)C. The number of amides is 4. The number of carbonyl (C=O) groups excluding carboxylic acids is 6. The lowest BCUT2D eigenvalue weighted by atomic mass is 9.83. The number of esters is 1. The van der Waals surface area contributed by atoms with Gasteiger partial charge in [0.1, 0.15) is 6.04 Å². The Morgan fingerprint density at radius 2 is 1.44 bits per heavy atom. The average Bonchev–Trinajstić information content (AvgIpc) is 3.73. The molecule has 0 saturated carbocycles. The van der Waals surface area contributed by atoms with Gasteiger partial charge in [-0.2, -0.15) is 0 Å². The van der Waals surface area contributed by atoms with E-state index in [0.717, 1.165) is 12.0 Å². The molecule has 1 heterocycles. The van der Waals surface area contributed by atoms with Crippen LogP contribution in [0.5, 0.6) is 0 Å². The first-order chi connectivity index (χ1) is 29.2. The van der Waals surface area contributed by atoms with E-state index in [4.69, 9.17) is 14.2 Å². The number of Topliss-reactive ketones (excluding diaryl/α,β-unsaturated/α-hetero) is 1. The van der Waals surface area contributed by atoms with Crippen LogP contribution in [0.4, 0.5) is 0 Å². The Morgan fingerprint density at radius 1 is 0.806 bits per heavy atom. The second kappa shape index (κ2) is 26.1. The minimum Gasteiger partial charge on any atom is -0.467 e. The zero-order valence-electron chi connectivity index (χ0n) is 40.8. The van der Waals surface area contributed by atoms with Crippen LogP contribution >= 0.6 is 0 Å². The van der Waals surface area contributed by atoms with Gasteiger partial charge in [0.15, 0.2) is 5.78 Å². The van der Waals surface area contributed by atoms with Crippen molar-refractivity contribution in [2.24, 2.45) is 41.4 Å². The molecule has 0 bridgehead atoms. The van der Waals surface area contributed by atoms with Crippen molar-refractivity contribution in [1.82, 2.24) is 20.0 Å². The summed E-state index contributed by atoms with van der Waals surface area (Å²) in [6, 6.07) is 6.90. The van der Waals surface area contributed by atoms with E-state index in [1.807, 2.05) is 78.8 Å². The third-order valence-electron chi connectivity index (χ3n) is 13.2. The molecule has 13 heteroatoms. The van der Waals surface area contributed by atoms with Crippen molar-refractivity contribution >= 4 is 35.4 Å². The van der Waals surface area contributed by atoms with E-state index in [9.17, 15) is 28.8 Å². The zero-order chi connectivity index (χ0) is 47.0. The van der Waals surface area contributed by atoms with Gasteiger partial charge in [0.25, 0.3) is 0 Å². The number of likely N-dealkylation sites (N-methyl/N-ethyl adjacent to an activating group) is 2. The Balaban J connectivity index is 2.32. The number of likely N-dealkylation sites (tertiary alicyclic amines) is 1. The van der Waals surface area contributed by atoms with Crippen molar-refractivity contribution in [2.45, 2.75) is 157 Å². The van der Waals surface area contributed by atoms with Crippen molar-refractivity contribution in [3.63, 3.8) is 0 Å². The fraction of sp³-hybridized carbons (Fsp3) is 0.755. The highest BCUT2D eigenvalue weighted by Crippen LogP contribution is 2.31. The van der Waals surface area contributed by atoms with Gasteiger partial charge >= 0.3 is 5.97 Å². The van der Waals surface area contributed by atoms with E-state index in [0.29, 0.717) is 38.1 Å². The molecule has 0 unspecified atom stereocenters. The lowest BCUT2D eigenvalue weighted by Crippen LogP contribution is -2.55. The van der Waals surface area contributed by atoms with Crippen LogP contribution in [0.2, 0.25) is 0 Å². The number of carbonyl (C=O) groups is 6. The van der Waals surface area contributed by atoms with Gasteiger partial charge in [-0.1, -0.05) is 106 Å². The largest absolute Gasteiger partial charge is 0.467 e. The highest BCUT2D eigenvalue weighted by Gasteiger charge is 2.44. The highest BCUT2D eigenvalue weighted by molar-refractivity contribution is 5.93. The molecule has 0 spiro atoms. The number of nitrogens with one attached hydrogen (secondary N) is 1. The molecule has 10 atom stereocenters. The normalized spacial score (nSPS) is 18.6. The Labute approximate surface area is 373 Å². The van der Waals surface area contributed by atoms with Gasteiger partial charge in [0.2, 0.25) is 23.6 Å². The molecule has 1 aromatic carbocycles. The van der Waals surface area contributed by atoms with Gasteiger partial charge in [-0.15, -0.1) is 0 Å². The first kappa shape index (κ1) is 54.3. The molecule has 1 N–H and O–H groups in total. The van der Waals surface area contributed by atoms with E-state index in [1.165, 1.54) is 14.2 Å². The van der Waals surface area contributed by atoms with Crippen LogP contribution in [0.3, 0.4) is 0 Å². The van der Waals surface area contributed by atoms with E-state index in [-0.39, 0.29) is 72.3 Å². The molecule has 0 radical (unpaired) electrons. The summed E-state index contributed by atoms with van der Waals surface area (Å²) in [4.78, 5) is 88.5. The third-order valence-corrected chi connectivity index (χ3v) is 13.2. The first-order valence-electron chi connectivity index (χ1n) is 23.0. The van der Waals surface area contributed by atoms with Gasteiger partial charge in [-0.05, 0) is 54.9 Å². The minimum atomic E-state index is -0.903. The Kier molecular flexibility index (Phi) is 22.8. The Morgan fingerprint density at radius 3 is 1.94 bits per heavy atom. The maximum Gasteiger partial charge on any atom is 0.328 e. The lowest BCUT2D eigenvalue weighted by molar-refractivity contribution is -0.150. The van der Waals surface area contributed by atoms with Gasteiger partial charge in [0, 0.05) is 59.5 Å². The molecule has 1 fully saturated rings. The van der Waals surface area contributed by atoms with Crippen molar-refractivity contribution in [3.05, 3.63) is 35.9 Å². The van der Waals surface area contributed by atoms with E-state index in [2.05, 4.69) is 19.2 Å². The molecule has 1 saturated heterocycles. The fourth-order valence-corrected chi connectivity index (χ4v) is 9.47. The molecule has 1 aliphatic rings. The quantitative estimate of drug-likeness (QED) is 0.102. The van der Waals surface area contributed by atoms with E-state index >= 15 is 0 Å². The summed E-state index contributed by atoms with van der Waals surface area (Å²) in [6.45, 7) is 20.2. The number of nitrogens with zero attached hydrogens (tertiary/aromatic N) is 3. The fourth-order valence-electron chi connectivity index (χ4n) is 9.47. The number of benzene rings is 1. The summed E-state index contributed by atoms with van der Waals surface area (Å²) in [5.41, 5.74) is 0.869. The Hall–Kier alpha value is -3.84. The van der Waals surface area contributed by atoms with Crippen molar-refractivity contribution < 1.29 is 43.0 Å². The predicted molar refractivity (Wildman–Crippen MR) is 243 cm³/mol. The van der Waals surface area contributed by atoms with Gasteiger partial charge in [-0.3, -0.25) is 24.0 Å². The van der Waals surface area contributed by atoms with Gasteiger partial charge in [-0.25, -0.2) is 4.79 Å². The van der Waals surface area contributed by atoms with E-state index < -0.39 is 54.2 Å². The Bertz CT molecular complexity index is 1590. The average molecular weight is 871 g/mol. The standard InChI is InChI=1S/C49H82N4O9/c1-16-33(9)44(52(12)48(58)37(31(5)6)28-40(54)43(32(7)8)51(11)47(57)36(17-2)26-30(3)4)41(60-13)29-42(55)53-25-21-24-39(53)45(61-14)34(10)46(56)50-38(49(59)62-15)27-35-22-19-18-20-23-35/h18-20,22-23,30-34,36-39,41,43-45H,16-17,21,24-29H2,1-15H3,(H,50,56)/t33-,34+,36-,37-,38-,39-,41+,43-,44-,45+/m0/s1. The number of methoxy groups -OCH3 is 3. The monoisotopic (exact) mass is 871 g/mol. The number of hydrogen-bond acceptors (Lipinski definition) is 9. The molecule has 4 amide bonds. The number of rotatable bonds is 26. The third kappa shape index (κ3) is 14.6. The molecule has 1 aliphatic heterocycles. The molecule has 2 rings (SSSR count). The smallest absolute Gasteiger partial charge is 0.328 e. The van der Waals surface area contributed by atoms with Gasteiger partial charge in [0.05, 0.1) is 49.8 Å². The maximum atomic E-state index is 14.6. The number of ether oxygens (including phenoxy) is 3. The molecule has 0 aromatic heterocycles. The summed E-state index contributed by atoms with van der Waals surface area (Å²) >= 11 is 0. The summed E-state index contributed by atoms with van der Waals surface area (Å²) < 4.78 is 17.1. The molecule has 0 aliphatic carbocycles. The molecule has 13 nitrogen and oxygen atoms in total. The van der Waals surface area contributed by atoms with Crippen LogP contribution in [0.25, 0.3) is 0 Å². The second-order valence-corrected chi connectivity index (χ2v) is 18.8. The topological polar surface area (TPSA) is 152 Å². The summed E-state index contributed by atoms with van der Waals surface area (Å²) in [7, 11) is 7.82. The van der Waals surface area contributed by atoms with Crippen LogP contribution in [-0.2, 0) is 49.4 Å². The molecule has 62 heavy (non-hydrogen) atoms. The number of ketones is 1. The lowest BCUT2D eigenvalue weighted by Gasteiger charge is -2.41. The molecule has 352 valence electrons. The summed E-state index contributed by atoms with van der Waals surface area (Å²) in [6.07, 6.45) is 2.37. The van der Waals surface area contributed by atoms with Crippen LogP contribution in [0, 0.1) is 41.4 Å². The molecule has 1 aromatic rings. The van der Waals surface area contributed by atoms with Crippen molar-refractivity contribution in [2.75, 3.05) is 42.0 Å². The highest BCUT2D eigenvalue weighted by atomic mass is 16.5. The first-order valence-corrected chi connectivity index (χ1v) is 23.0. The molecular weight excluding hydrogens is 789 g/mol. The van der Waals surface area contributed by atoms with Gasteiger partial charge < -0.3 is 34.2 Å². The second-order valence-electron chi connectivity index (χ2n) is 18.8. The summed E-state index contributed by atoms with van der Waals surface area (Å²) in [5, 5.41) is 2.87. The van der Waals surface area contributed by atoms with Crippen LogP contribution < -0.4 is 5.32 Å². The van der Waals surface area contributed by atoms with E-state index in [1.54, 1.807) is 42.8 Å². The summed E-state index contributed by atoms with van der Waals surface area (Å²) in [5.74, 6) is -3.09. The maximum absolute atomic E-state index is 14.6. The number of hydrogen-bond donors (Lipinski definition) is 1. The van der Waals surface area contributed by atoms with Crippen molar-refractivity contribution in [3.8, 4) is 0 Å². The predicted octanol–water partition coefficient (Wildman–Crippen LogP) is 6.59. The van der Waals surface area contributed by atoms with Crippen molar-refractivity contribution in [1.29, 1.82) is 0 Å². The minimum absolute atomic E-state index is 0.0132. The zero-order valence-corrected chi connectivity index (χ0v) is 40.8. The van der Waals surface area contributed by atoms with Crippen LogP contribution in [0.15, 0.2) is 30.3 Å². The molecular formula is C49H82N4O9. The van der Waals surface area contributed by atoms with Crippen LogP contribution in [-0.4, -0.2) is 128 Å².